The number of nitrogens with zero attached hydrogens (tertiary/aromatic N) is 1. The van der Waals surface area contributed by atoms with Gasteiger partial charge >= 0.3 is 0 Å². The zero-order valence-corrected chi connectivity index (χ0v) is 25.7. The van der Waals surface area contributed by atoms with Gasteiger partial charge in [0.15, 0.2) is 0 Å². The molecule has 1 aliphatic rings. The quantitative estimate of drug-likeness (QED) is 0.327. The summed E-state index contributed by atoms with van der Waals surface area (Å²) in [4.78, 5) is 26.9. The van der Waals surface area contributed by atoms with E-state index in [-0.39, 0.29) is 56.5 Å². The van der Waals surface area contributed by atoms with E-state index in [1.807, 2.05) is 0 Å². The SMILES string of the molecule is CC(C)(C)CC(N1CCCC1=O)C(C)(C)C(C)(C)CC(NC=O)C(C)(C)C(C)(C)C(N)C(C)(C)C. The molecule has 0 bridgehead atoms. The molecule has 3 atom stereocenters. The van der Waals surface area contributed by atoms with E-state index in [1.165, 1.54) is 0 Å². The van der Waals surface area contributed by atoms with Crippen LogP contribution < -0.4 is 11.1 Å². The summed E-state index contributed by atoms with van der Waals surface area (Å²) in [5.41, 5.74) is 6.06. The van der Waals surface area contributed by atoms with Gasteiger partial charge in [-0.25, -0.2) is 0 Å². The minimum absolute atomic E-state index is 0.0482. The van der Waals surface area contributed by atoms with Crippen LogP contribution in [0.5, 0.6) is 0 Å². The molecule has 0 aliphatic carbocycles. The van der Waals surface area contributed by atoms with Gasteiger partial charge in [-0.15, -0.1) is 0 Å². The predicted octanol–water partition coefficient (Wildman–Crippen LogP) is 6.40. The van der Waals surface area contributed by atoms with Crippen LogP contribution in [0.25, 0.3) is 0 Å². The fourth-order valence-corrected chi connectivity index (χ4v) is 6.09. The number of carbonyl (C=O) groups is 2. The Morgan fingerprint density at radius 1 is 0.857 bits per heavy atom. The summed E-state index contributed by atoms with van der Waals surface area (Å²) >= 11 is 0. The highest BCUT2D eigenvalue weighted by Gasteiger charge is 2.54. The second-order valence-electron chi connectivity index (χ2n) is 15.9. The van der Waals surface area contributed by atoms with Crippen molar-refractivity contribution in [1.29, 1.82) is 0 Å². The number of rotatable bonds is 11. The molecule has 5 heteroatoms. The normalized spacial score (nSPS) is 19.5. The topological polar surface area (TPSA) is 75.4 Å². The van der Waals surface area contributed by atoms with Crippen molar-refractivity contribution in [2.24, 2.45) is 38.2 Å². The second kappa shape index (κ2) is 10.3. The van der Waals surface area contributed by atoms with Gasteiger partial charge in [-0.2, -0.15) is 0 Å². The van der Waals surface area contributed by atoms with E-state index >= 15 is 0 Å². The van der Waals surface area contributed by atoms with E-state index in [9.17, 15) is 9.59 Å². The summed E-state index contributed by atoms with van der Waals surface area (Å²) in [6.07, 6.45) is 4.19. The molecule has 35 heavy (non-hydrogen) atoms. The Hall–Kier alpha value is -1.10. The Morgan fingerprint density at radius 2 is 1.37 bits per heavy atom. The standard InChI is InChI=1S/C30H59N3O2/c1-25(2,3)19-22(33-17-15-16-23(33)35)29(11,12)27(7,8)18-21(32-20-34)28(9,10)30(13,14)24(31)26(4,5)6/h20-22,24H,15-19,31H2,1-14H3,(H,32,34). The third-order valence-corrected chi connectivity index (χ3v) is 10.1. The smallest absolute Gasteiger partial charge is 0.222 e. The minimum atomic E-state index is -0.267. The summed E-state index contributed by atoms with van der Waals surface area (Å²) in [6, 6.07) is 0.0208. The van der Waals surface area contributed by atoms with Gasteiger partial charge in [0.2, 0.25) is 12.3 Å². The van der Waals surface area contributed by atoms with Crippen molar-refractivity contribution >= 4 is 12.3 Å². The van der Waals surface area contributed by atoms with Gasteiger partial charge in [0, 0.05) is 31.1 Å². The van der Waals surface area contributed by atoms with Crippen LogP contribution in [0.1, 0.15) is 123 Å². The van der Waals surface area contributed by atoms with Crippen LogP contribution in [0, 0.1) is 32.5 Å². The van der Waals surface area contributed by atoms with Crippen molar-refractivity contribution in [2.45, 2.75) is 141 Å². The number of carbonyl (C=O) groups excluding carboxylic acids is 2. The molecule has 3 N–H and O–H groups in total. The maximum Gasteiger partial charge on any atom is 0.222 e. The molecule has 0 aromatic carbocycles. The molecule has 0 aromatic heterocycles. The number of amides is 2. The van der Waals surface area contributed by atoms with E-state index in [4.69, 9.17) is 5.73 Å². The first-order valence-corrected chi connectivity index (χ1v) is 13.7. The zero-order valence-electron chi connectivity index (χ0n) is 25.7. The molecule has 0 spiro atoms. The number of nitrogens with two attached hydrogens (primary N) is 1. The molecular weight excluding hydrogens is 434 g/mol. The lowest BCUT2D eigenvalue weighted by Gasteiger charge is -2.57. The molecule has 1 fully saturated rings. The Bertz CT molecular complexity index is 738. The highest BCUT2D eigenvalue weighted by Crippen LogP contribution is 2.54. The van der Waals surface area contributed by atoms with Crippen molar-refractivity contribution in [2.75, 3.05) is 6.54 Å². The highest BCUT2D eigenvalue weighted by molar-refractivity contribution is 5.78. The number of hydrogen-bond acceptors (Lipinski definition) is 3. The average Bonchev–Trinajstić information content (AvgIpc) is 3.08. The maximum absolute atomic E-state index is 12.9. The van der Waals surface area contributed by atoms with Gasteiger partial charge in [0.1, 0.15) is 0 Å². The molecule has 1 rings (SSSR count). The summed E-state index contributed by atoms with van der Waals surface area (Å²) in [7, 11) is 0. The molecule has 1 saturated heterocycles. The van der Waals surface area contributed by atoms with Crippen LogP contribution in [-0.2, 0) is 9.59 Å². The van der Waals surface area contributed by atoms with Crippen LogP contribution in [0.2, 0.25) is 0 Å². The lowest BCUT2D eigenvalue weighted by molar-refractivity contribution is -0.136. The van der Waals surface area contributed by atoms with Crippen LogP contribution >= 0.6 is 0 Å². The lowest BCUT2D eigenvalue weighted by Crippen LogP contribution is -2.61. The van der Waals surface area contributed by atoms with E-state index < -0.39 is 0 Å². The first-order chi connectivity index (χ1) is 15.4. The van der Waals surface area contributed by atoms with Crippen LogP contribution in [0.15, 0.2) is 0 Å². The monoisotopic (exact) mass is 493 g/mol. The summed E-state index contributed by atoms with van der Waals surface area (Å²) in [5, 5.41) is 3.21. The summed E-state index contributed by atoms with van der Waals surface area (Å²) in [6.45, 7) is 32.5. The van der Waals surface area contributed by atoms with Crippen LogP contribution in [-0.4, -0.2) is 41.9 Å². The molecule has 3 unspecified atom stereocenters. The molecule has 206 valence electrons. The molecule has 0 saturated carbocycles. The average molecular weight is 494 g/mol. The van der Waals surface area contributed by atoms with Gasteiger partial charge < -0.3 is 16.0 Å². The lowest BCUT2D eigenvalue weighted by atomic mass is 9.52. The highest BCUT2D eigenvalue weighted by atomic mass is 16.2. The molecule has 5 nitrogen and oxygen atoms in total. The van der Waals surface area contributed by atoms with Crippen LogP contribution in [0.4, 0.5) is 0 Å². The Balaban J connectivity index is 3.46. The fraction of sp³-hybridized carbons (Fsp3) is 0.933. The third-order valence-electron chi connectivity index (χ3n) is 10.1. The Labute approximate surface area is 217 Å². The van der Waals surface area contributed by atoms with Crippen molar-refractivity contribution < 1.29 is 9.59 Å². The van der Waals surface area contributed by atoms with Crippen molar-refractivity contribution in [3.63, 3.8) is 0 Å². The molecule has 2 amide bonds. The fourth-order valence-electron chi connectivity index (χ4n) is 6.09. The molecule has 0 radical (unpaired) electrons. The largest absolute Gasteiger partial charge is 0.355 e. The van der Waals surface area contributed by atoms with Gasteiger partial charge in [0.25, 0.3) is 0 Å². The molecule has 1 aliphatic heterocycles. The summed E-state index contributed by atoms with van der Waals surface area (Å²) in [5.74, 6) is 0.281. The molecule has 0 aromatic rings. The van der Waals surface area contributed by atoms with Crippen molar-refractivity contribution in [3.8, 4) is 0 Å². The zero-order chi connectivity index (χ0) is 27.8. The summed E-state index contributed by atoms with van der Waals surface area (Å²) < 4.78 is 0. The van der Waals surface area contributed by atoms with E-state index in [0.717, 1.165) is 32.2 Å². The first-order valence-electron chi connectivity index (χ1n) is 13.7. The van der Waals surface area contributed by atoms with Gasteiger partial charge in [-0.1, -0.05) is 96.9 Å². The van der Waals surface area contributed by atoms with Gasteiger partial charge in [-0.3, -0.25) is 9.59 Å². The Kier molecular flexibility index (Phi) is 9.43. The number of likely N-dealkylation sites (tertiary alicyclic amines) is 1. The van der Waals surface area contributed by atoms with Crippen molar-refractivity contribution in [1.82, 2.24) is 10.2 Å². The third kappa shape index (κ3) is 6.81. The second-order valence-corrected chi connectivity index (χ2v) is 15.9. The number of hydrogen-bond donors (Lipinski definition) is 2. The Morgan fingerprint density at radius 3 is 1.74 bits per heavy atom. The van der Waals surface area contributed by atoms with Gasteiger partial charge in [-0.05, 0) is 51.8 Å². The molecule has 1 heterocycles. The van der Waals surface area contributed by atoms with E-state index in [0.29, 0.717) is 6.42 Å². The number of nitrogens with one attached hydrogen (secondary N) is 1. The van der Waals surface area contributed by atoms with Crippen molar-refractivity contribution in [3.05, 3.63) is 0 Å². The first kappa shape index (κ1) is 31.9. The molecular formula is C30H59N3O2. The van der Waals surface area contributed by atoms with Crippen LogP contribution in [0.3, 0.4) is 0 Å². The predicted molar refractivity (Wildman–Crippen MR) is 149 cm³/mol. The maximum atomic E-state index is 12.9. The van der Waals surface area contributed by atoms with E-state index in [1.54, 1.807) is 0 Å². The van der Waals surface area contributed by atoms with E-state index in [2.05, 4.69) is 107 Å². The minimum Gasteiger partial charge on any atom is -0.355 e. The van der Waals surface area contributed by atoms with Gasteiger partial charge in [0.05, 0.1) is 0 Å².